The van der Waals surface area contributed by atoms with E-state index in [1.165, 1.54) is 238 Å². The molecule has 0 heterocycles. The molecular weight excluding hydrogens is 755 g/mol. The Bertz CT molecular complexity index is 909. The second-order valence-corrected chi connectivity index (χ2v) is 18.9. The average Bonchev–Trinajstić information content (AvgIpc) is 3.26. The fraction of sp³-hybridized carbons (Fsp3) is 0.927. The molecule has 0 rings (SSSR count). The number of esters is 1. The molecule has 6 heteroatoms. The number of aliphatic hydroxyl groups is 2. The number of rotatable bonds is 51. The minimum absolute atomic E-state index is 0.0115. The van der Waals surface area contributed by atoms with E-state index in [1.807, 2.05) is 6.08 Å². The fourth-order valence-electron chi connectivity index (χ4n) is 8.58. The van der Waals surface area contributed by atoms with Gasteiger partial charge < -0.3 is 20.3 Å². The number of allylic oxidation sites excluding steroid dienone is 1. The van der Waals surface area contributed by atoms with E-state index in [2.05, 4.69) is 19.2 Å². The highest BCUT2D eigenvalue weighted by Crippen LogP contribution is 2.17. The molecule has 2 atom stereocenters. The van der Waals surface area contributed by atoms with Crippen LogP contribution >= 0.6 is 0 Å². The van der Waals surface area contributed by atoms with E-state index in [-0.39, 0.29) is 18.5 Å². The van der Waals surface area contributed by atoms with Crippen LogP contribution in [0, 0.1) is 0 Å². The number of hydrogen-bond acceptors (Lipinski definition) is 5. The Balaban J connectivity index is 3.38. The van der Waals surface area contributed by atoms with Gasteiger partial charge in [0.15, 0.2) is 0 Å². The lowest BCUT2D eigenvalue weighted by molar-refractivity contribution is -0.143. The van der Waals surface area contributed by atoms with Gasteiger partial charge in [0.1, 0.15) is 0 Å². The summed E-state index contributed by atoms with van der Waals surface area (Å²) in [5, 5.41) is 23.0. The zero-order chi connectivity index (χ0) is 44.4. The molecule has 0 radical (unpaired) electrons. The Morgan fingerprint density at radius 2 is 0.754 bits per heavy atom. The van der Waals surface area contributed by atoms with Crippen LogP contribution in [0.2, 0.25) is 0 Å². The zero-order valence-corrected chi connectivity index (χ0v) is 41.2. The van der Waals surface area contributed by atoms with Crippen LogP contribution in [0.5, 0.6) is 0 Å². The van der Waals surface area contributed by atoms with Crippen LogP contribution in [0.15, 0.2) is 12.2 Å². The van der Waals surface area contributed by atoms with Crippen LogP contribution in [0.1, 0.15) is 303 Å². The molecule has 0 saturated heterocycles. The van der Waals surface area contributed by atoms with Gasteiger partial charge in [0, 0.05) is 12.8 Å². The number of ether oxygens (including phenoxy) is 1. The number of amides is 1. The first-order valence-corrected chi connectivity index (χ1v) is 27.5. The van der Waals surface area contributed by atoms with E-state index in [1.54, 1.807) is 6.08 Å². The monoisotopic (exact) mass is 862 g/mol. The van der Waals surface area contributed by atoms with Crippen LogP contribution in [0.3, 0.4) is 0 Å². The van der Waals surface area contributed by atoms with E-state index in [4.69, 9.17) is 4.74 Å². The molecule has 6 nitrogen and oxygen atoms in total. The second-order valence-electron chi connectivity index (χ2n) is 18.9. The van der Waals surface area contributed by atoms with Gasteiger partial charge >= 0.3 is 5.97 Å². The quantitative estimate of drug-likeness (QED) is 0.0322. The molecule has 0 aliphatic heterocycles. The van der Waals surface area contributed by atoms with Crippen molar-refractivity contribution >= 4 is 11.9 Å². The van der Waals surface area contributed by atoms with Gasteiger partial charge in [-0.1, -0.05) is 270 Å². The number of aliphatic hydroxyl groups excluding tert-OH is 2. The molecule has 1 amide bonds. The van der Waals surface area contributed by atoms with Crippen LogP contribution < -0.4 is 5.32 Å². The molecule has 0 aromatic carbocycles. The Morgan fingerprint density at radius 3 is 1.11 bits per heavy atom. The van der Waals surface area contributed by atoms with Gasteiger partial charge in [-0.15, -0.1) is 0 Å². The van der Waals surface area contributed by atoms with Crippen LogP contribution in [-0.2, 0) is 14.3 Å². The number of nitrogens with one attached hydrogen (secondary N) is 1. The van der Waals surface area contributed by atoms with E-state index >= 15 is 0 Å². The van der Waals surface area contributed by atoms with Gasteiger partial charge in [0.25, 0.3) is 0 Å². The summed E-state index contributed by atoms with van der Waals surface area (Å²) in [6.45, 7) is 4.90. The summed E-state index contributed by atoms with van der Waals surface area (Å²) in [5.74, 6) is -0.0587. The molecule has 0 spiro atoms. The van der Waals surface area contributed by atoms with Gasteiger partial charge in [-0.3, -0.25) is 9.59 Å². The Morgan fingerprint density at radius 1 is 0.443 bits per heavy atom. The van der Waals surface area contributed by atoms with Gasteiger partial charge in [-0.05, 0) is 32.1 Å². The van der Waals surface area contributed by atoms with Crippen molar-refractivity contribution in [2.24, 2.45) is 0 Å². The lowest BCUT2D eigenvalue weighted by Crippen LogP contribution is -2.45. The van der Waals surface area contributed by atoms with Crippen molar-refractivity contribution in [3.8, 4) is 0 Å². The van der Waals surface area contributed by atoms with Gasteiger partial charge in [0.05, 0.1) is 25.4 Å². The van der Waals surface area contributed by atoms with Gasteiger partial charge in [-0.2, -0.15) is 0 Å². The molecule has 3 N–H and O–H groups in total. The summed E-state index contributed by atoms with van der Waals surface area (Å²) < 4.78 is 5.47. The van der Waals surface area contributed by atoms with Crippen molar-refractivity contribution in [2.45, 2.75) is 315 Å². The van der Waals surface area contributed by atoms with Gasteiger partial charge in [0.2, 0.25) is 5.91 Å². The maximum absolute atomic E-state index is 12.4. The van der Waals surface area contributed by atoms with Crippen molar-refractivity contribution in [3.63, 3.8) is 0 Å². The maximum Gasteiger partial charge on any atom is 0.305 e. The number of hydrogen-bond donors (Lipinski definition) is 3. The van der Waals surface area contributed by atoms with E-state index in [0.717, 1.165) is 38.5 Å². The second kappa shape index (κ2) is 51.2. The van der Waals surface area contributed by atoms with E-state index in [9.17, 15) is 19.8 Å². The van der Waals surface area contributed by atoms with Crippen LogP contribution in [0.25, 0.3) is 0 Å². The molecule has 2 unspecified atom stereocenters. The highest BCUT2D eigenvalue weighted by molar-refractivity contribution is 5.76. The smallest absolute Gasteiger partial charge is 0.305 e. The van der Waals surface area contributed by atoms with Crippen molar-refractivity contribution in [1.29, 1.82) is 0 Å². The topological polar surface area (TPSA) is 95.9 Å². The Hall–Kier alpha value is -1.40. The third-order valence-electron chi connectivity index (χ3n) is 12.8. The Kier molecular flexibility index (Phi) is 50.1. The molecule has 0 fully saturated rings. The summed E-state index contributed by atoms with van der Waals surface area (Å²) in [7, 11) is 0. The largest absolute Gasteiger partial charge is 0.466 e. The van der Waals surface area contributed by atoms with Crippen LogP contribution in [-0.4, -0.2) is 47.4 Å². The first kappa shape index (κ1) is 59.6. The van der Waals surface area contributed by atoms with Crippen molar-refractivity contribution in [2.75, 3.05) is 13.2 Å². The molecule has 362 valence electrons. The molecule has 0 bridgehead atoms. The highest BCUT2D eigenvalue weighted by Gasteiger charge is 2.18. The minimum atomic E-state index is -0.843. The lowest BCUT2D eigenvalue weighted by atomic mass is 10.0. The average molecular weight is 862 g/mol. The summed E-state index contributed by atoms with van der Waals surface area (Å²) >= 11 is 0. The first-order valence-electron chi connectivity index (χ1n) is 27.5. The number of carbonyl (C=O) groups excluding carboxylic acids is 2. The van der Waals surface area contributed by atoms with Crippen LogP contribution in [0.4, 0.5) is 0 Å². The molecule has 0 aliphatic carbocycles. The predicted octanol–water partition coefficient (Wildman–Crippen LogP) is 16.5. The third kappa shape index (κ3) is 47.9. The van der Waals surface area contributed by atoms with Crippen molar-refractivity contribution in [1.82, 2.24) is 5.32 Å². The molecule has 0 aromatic heterocycles. The maximum atomic E-state index is 12.4. The summed E-state index contributed by atoms with van der Waals surface area (Å²) in [5.41, 5.74) is 0. The lowest BCUT2D eigenvalue weighted by Gasteiger charge is -2.20. The zero-order valence-electron chi connectivity index (χ0n) is 41.2. The fourth-order valence-corrected chi connectivity index (χ4v) is 8.58. The highest BCUT2D eigenvalue weighted by atomic mass is 16.5. The Labute approximate surface area is 380 Å². The summed E-state index contributed by atoms with van der Waals surface area (Å²) in [6.07, 6.45) is 59.4. The summed E-state index contributed by atoms with van der Waals surface area (Å²) in [4.78, 5) is 24.4. The number of unbranched alkanes of at least 4 members (excludes halogenated alkanes) is 40. The minimum Gasteiger partial charge on any atom is -0.466 e. The molecular formula is C55H107NO5. The van der Waals surface area contributed by atoms with E-state index < -0.39 is 12.1 Å². The van der Waals surface area contributed by atoms with Gasteiger partial charge in [-0.25, -0.2) is 0 Å². The molecule has 0 aromatic rings. The SMILES string of the molecule is CCCCCCCCCCC/C=C/C(O)C(CO)NC(=O)CCCCCCCCCCCCCCCCCCCCCCOC(=O)CCCCCCCCCCCCCCC. The van der Waals surface area contributed by atoms with Crippen molar-refractivity contribution < 1.29 is 24.5 Å². The molecule has 61 heavy (non-hydrogen) atoms. The standard InChI is InChI=1S/C55H107NO5/c1-3-5-7-9-11-13-15-24-29-33-37-41-45-49-55(60)61-50-46-42-38-34-30-26-23-21-19-17-16-18-20-22-25-28-32-36-40-44-48-54(59)56-52(51-57)53(58)47-43-39-35-31-27-14-12-10-8-6-4-2/h43,47,52-53,57-58H,3-42,44-46,48-51H2,1-2H3,(H,56,59)/b47-43+. The predicted molar refractivity (Wildman–Crippen MR) is 264 cm³/mol. The molecule has 0 aliphatic rings. The van der Waals surface area contributed by atoms with E-state index in [0.29, 0.717) is 19.4 Å². The van der Waals surface area contributed by atoms with Crippen molar-refractivity contribution in [3.05, 3.63) is 12.2 Å². The number of carbonyl (C=O) groups is 2. The summed E-state index contributed by atoms with van der Waals surface area (Å²) in [6, 6.07) is -0.626. The normalized spacial score (nSPS) is 12.7. The first-order chi connectivity index (χ1) is 30.0. The third-order valence-corrected chi connectivity index (χ3v) is 12.8. The molecule has 0 saturated carbocycles.